The van der Waals surface area contributed by atoms with Gasteiger partial charge >= 0.3 is 5.97 Å². The molecule has 0 saturated heterocycles. The number of benzene rings is 1. The molecular formula is C14H15NO3. The molecule has 0 aliphatic carbocycles. The van der Waals surface area contributed by atoms with Gasteiger partial charge in [-0.1, -0.05) is 42.4 Å². The third-order valence-electron chi connectivity index (χ3n) is 2.94. The molecule has 2 aromatic rings. The van der Waals surface area contributed by atoms with E-state index >= 15 is 0 Å². The van der Waals surface area contributed by atoms with Gasteiger partial charge in [0.05, 0.1) is 5.69 Å². The molecule has 18 heavy (non-hydrogen) atoms. The Kier molecular flexibility index (Phi) is 3.46. The SMILES string of the molecule is Cc1noc(C(C)Cc2ccccc2)c1C(=O)O. The van der Waals surface area contributed by atoms with Gasteiger partial charge < -0.3 is 9.63 Å². The predicted molar refractivity (Wildman–Crippen MR) is 66.8 cm³/mol. The van der Waals surface area contributed by atoms with E-state index in [0.29, 0.717) is 11.5 Å². The predicted octanol–water partition coefficient (Wildman–Crippen LogP) is 3.03. The lowest BCUT2D eigenvalue weighted by Crippen LogP contribution is -2.06. The first-order valence-electron chi connectivity index (χ1n) is 5.83. The van der Waals surface area contributed by atoms with Gasteiger partial charge in [-0.2, -0.15) is 0 Å². The number of carboxylic acid groups (broad SMARTS) is 1. The molecule has 0 spiro atoms. The van der Waals surface area contributed by atoms with Crippen molar-refractivity contribution in [2.24, 2.45) is 0 Å². The fourth-order valence-electron chi connectivity index (χ4n) is 2.04. The van der Waals surface area contributed by atoms with E-state index in [2.05, 4.69) is 5.16 Å². The van der Waals surface area contributed by atoms with Crippen molar-refractivity contribution in [2.45, 2.75) is 26.2 Å². The molecule has 0 aliphatic rings. The summed E-state index contributed by atoms with van der Waals surface area (Å²) in [6.45, 7) is 3.59. The van der Waals surface area contributed by atoms with Crippen molar-refractivity contribution in [3.63, 3.8) is 0 Å². The van der Waals surface area contributed by atoms with Crippen LogP contribution in [-0.2, 0) is 6.42 Å². The van der Waals surface area contributed by atoms with E-state index in [-0.39, 0.29) is 11.5 Å². The van der Waals surface area contributed by atoms with E-state index in [1.807, 2.05) is 37.3 Å². The van der Waals surface area contributed by atoms with E-state index in [4.69, 9.17) is 9.63 Å². The standard InChI is InChI=1S/C14H15NO3/c1-9(8-11-6-4-3-5-7-11)13-12(14(16)17)10(2)15-18-13/h3-7,9H,8H2,1-2H3,(H,16,17). The Morgan fingerprint density at radius 3 is 2.67 bits per heavy atom. The Labute approximate surface area is 105 Å². The van der Waals surface area contributed by atoms with Crippen LogP contribution in [0.25, 0.3) is 0 Å². The van der Waals surface area contributed by atoms with Gasteiger partial charge in [0.2, 0.25) is 0 Å². The van der Waals surface area contributed by atoms with Crippen molar-refractivity contribution in [3.8, 4) is 0 Å². The second-order valence-electron chi connectivity index (χ2n) is 4.40. The minimum absolute atomic E-state index is 0.0142. The molecule has 94 valence electrons. The first-order valence-corrected chi connectivity index (χ1v) is 5.83. The zero-order valence-corrected chi connectivity index (χ0v) is 10.4. The topological polar surface area (TPSA) is 63.3 Å². The smallest absolute Gasteiger partial charge is 0.341 e. The Balaban J connectivity index is 2.24. The van der Waals surface area contributed by atoms with Crippen molar-refractivity contribution < 1.29 is 14.4 Å². The molecule has 4 heteroatoms. The van der Waals surface area contributed by atoms with Gasteiger partial charge in [-0.05, 0) is 18.9 Å². The van der Waals surface area contributed by atoms with E-state index in [1.54, 1.807) is 6.92 Å². The molecule has 1 aromatic heterocycles. The van der Waals surface area contributed by atoms with Crippen LogP contribution in [0, 0.1) is 6.92 Å². The first-order chi connectivity index (χ1) is 8.59. The fourth-order valence-corrected chi connectivity index (χ4v) is 2.04. The molecular weight excluding hydrogens is 230 g/mol. The average molecular weight is 245 g/mol. The number of carboxylic acids is 1. The van der Waals surface area contributed by atoms with Crippen molar-refractivity contribution >= 4 is 5.97 Å². The van der Waals surface area contributed by atoms with E-state index in [9.17, 15) is 4.79 Å². The summed E-state index contributed by atoms with van der Waals surface area (Å²) in [5.41, 5.74) is 1.77. The van der Waals surface area contributed by atoms with E-state index < -0.39 is 5.97 Å². The lowest BCUT2D eigenvalue weighted by molar-refractivity contribution is 0.0693. The van der Waals surface area contributed by atoms with Gasteiger partial charge in [-0.15, -0.1) is 0 Å². The molecule has 1 heterocycles. The Morgan fingerprint density at radius 1 is 1.39 bits per heavy atom. The zero-order valence-electron chi connectivity index (χ0n) is 10.4. The lowest BCUT2D eigenvalue weighted by Gasteiger charge is -2.08. The molecule has 0 radical (unpaired) electrons. The average Bonchev–Trinajstić information content (AvgIpc) is 2.72. The largest absolute Gasteiger partial charge is 0.477 e. The highest BCUT2D eigenvalue weighted by molar-refractivity contribution is 5.90. The molecule has 0 saturated carbocycles. The second kappa shape index (κ2) is 5.04. The van der Waals surface area contributed by atoms with Crippen LogP contribution >= 0.6 is 0 Å². The summed E-state index contributed by atoms with van der Waals surface area (Å²) >= 11 is 0. The fraction of sp³-hybridized carbons (Fsp3) is 0.286. The number of aryl methyl sites for hydroxylation is 1. The van der Waals surface area contributed by atoms with E-state index in [1.165, 1.54) is 0 Å². The Bertz CT molecular complexity index is 545. The first kappa shape index (κ1) is 12.4. The van der Waals surface area contributed by atoms with Gasteiger partial charge in [0.15, 0.2) is 5.76 Å². The molecule has 1 aromatic carbocycles. The van der Waals surface area contributed by atoms with Crippen LogP contribution in [-0.4, -0.2) is 16.2 Å². The summed E-state index contributed by atoms with van der Waals surface area (Å²) in [4.78, 5) is 11.2. The van der Waals surface area contributed by atoms with Crippen LogP contribution in [0.4, 0.5) is 0 Å². The summed E-state index contributed by atoms with van der Waals surface area (Å²) < 4.78 is 5.16. The zero-order chi connectivity index (χ0) is 13.1. The maximum Gasteiger partial charge on any atom is 0.341 e. The van der Waals surface area contributed by atoms with Crippen LogP contribution in [0.1, 0.15) is 40.2 Å². The third-order valence-corrected chi connectivity index (χ3v) is 2.94. The maximum absolute atomic E-state index is 11.2. The summed E-state index contributed by atoms with van der Waals surface area (Å²) in [7, 11) is 0. The lowest BCUT2D eigenvalue weighted by atomic mass is 9.96. The number of hydrogen-bond donors (Lipinski definition) is 1. The quantitative estimate of drug-likeness (QED) is 0.899. The van der Waals surface area contributed by atoms with Crippen LogP contribution in [0.15, 0.2) is 34.9 Å². The minimum atomic E-state index is -0.983. The Morgan fingerprint density at radius 2 is 2.06 bits per heavy atom. The number of carbonyl (C=O) groups is 1. The number of aromatic carboxylic acids is 1. The summed E-state index contributed by atoms with van der Waals surface area (Å²) in [5, 5.41) is 12.9. The molecule has 0 aliphatic heterocycles. The van der Waals surface area contributed by atoms with Gasteiger partial charge in [0.1, 0.15) is 5.56 Å². The number of rotatable bonds is 4. The maximum atomic E-state index is 11.2. The van der Waals surface area contributed by atoms with Crippen molar-refractivity contribution in [1.29, 1.82) is 0 Å². The van der Waals surface area contributed by atoms with Gasteiger partial charge in [-0.25, -0.2) is 4.79 Å². The third kappa shape index (κ3) is 2.42. The molecule has 0 fully saturated rings. The van der Waals surface area contributed by atoms with Crippen molar-refractivity contribution in [2.75, 3.05) is 0 Å². The summed E-state index contributed by atoms with van der Waals surface area (Å²) in [6.07, 6.45) is 0.732. The number of nitrogens with zero attached hydrogens (tertiary/aromatic N) is 1. The van der Waals surface area contributed by atoms with Crippen LogP contribution < -0.4 is 0 Å². The van der Waals surface area contributed by atoms with Crippen molar-refractivity contribution in [3.05, 3.63) is 52.9 Å². The van der Waals surface area contributed by atoms with Gasteiger partial charge in [0, 0.05) is 5.92 Å². The molecule has 1 N–H and O–H groups in total. The van der Waals surface area contributed by atoms with Gasteiger partial charge in [0.25, 0.3) is 0 Å². The normalized spacial score (nSPS) is 12.3. The van der Waals surface area contributed by atoms with Crippen LogP contribution in [0.5, 0.6) is 0 Å². The summed E-state index contributed by atoms with van der Waals surface area (Å²) in [6, 6.07) is 9.91. The number of aromatic nitrogens is 1. The molecule has 0 amide bonds. The molecule has 1 unspecified atom stereocenters. The molecule has 1 atom stereocenters. The minimum Gasteiger partial charge on any atom is -0.477 e. The monoisotopic (exact) mass is 245 g/mol. The van der Waals surface area contributed by atoms with E-state index in [0.717, 1.165) is 12.0 Å². The highest BCUT2D eigenvalue weighted by atomic mass is 16.5. The highest BCUT2D eigenvalue weighted by Crippen LogP contribution is 2.25. The number of hydrogen-bond acceptors (Lipinski definition) is 3. The second-order valence-corrected chi connectivity index (χ2v) is 4.40. The highest BCUT2D eigenvalue weighted by Gasteiger charge is 2.24. The molecule has 4 nitrogen and oxygen atoms in total. The van der Waals surface area contributed by atoms with Crippen LogP contribution in [0.3, 0.4) is 0 Å². The van der Waals surface area contributed by atoms with Crippen LogP contribution in [0.2, 0.25) is 0 Å². The van der Waals surface area contributed by atoms with Crippen molar-refractivity contribution in [1.82, 2.24) is 5.16 Å². The summed E-state index contributed by atoms with van der Waals surface area (Å²) in [5.74, 6) is -0.549. The Hall–Kier alpha value is -2.10. The molecule has 0 bridgehead atoms. The molecule has 2 rings (SSSR count). The van der Waals surface area contributed by atoms with Gasteiger partial charge in [-0.3, -0.25) is 0 Å².